The van der Waals surface area contributed by atoms with Gasteiger partial charge in [0.25, 0.3) is 0 Å². The molecule has 1 amide bonds. The fraction of sp³-hybridized carbons (Fsp3) is 0.385. The van der Waals surface area contributed by atoms with Crippen LogP contribution in [-0.2, 0) is 4.79 Å². The number of nitrogens with zero attached hydrogens (tertiary/aromatic N) is 3. The molecule has 106 valence electrons. The summed E-state index contributed by atoms with van der Waals surface area (Å²) in [5.74, 6) is 0.995. The quantitative estimate of drug-likeness (QED) is 0.794. The van der Waals surface area contributed by atoms with Crippen molar-refractivity contribution < 1.29 is 4.79 Å². The van der Waals surface area contributed by atoms with Gasteiger partial charge in [-0.15, -0.1) is 5.10 Å². The maximum Gasteiger partial charge on any atom is 0.230 e. The molecule has 0 spiro atoms. The average molecular weight is 291 g/mol. The highest BCUT2D eigenvalue weighted by molar-refractivity contribution is 7.99. The molecule has 0 bridgehead atoms. The number of pyridine rings is 1. The van der Waals surface area contributed by atoms with E-state index in [0.29, 0.717) is 16.7 Å². The number of nitrogens with one attached hydrogen (secondary N) is 2. The van der Waals surface area contributed by atoms with Crippen molar-refractivity contribution in [1.29, 1.82) is 0 Å². The van der Waals surface area contributed by atoms with Gasteiger partial charge < -0.3 is 5.32 Å². The first-order valence-corrected chi connectivity index (χ1v) is 7.42. The van der Waals surface area contributed by atoms with Crippen LogP contribution < -0.4 is 5.32 Å². The van der Waals surface area contributed by atoms with Crippen LogP contribution in [0.1, 0.15) is 20.3 Å². The van der Waals surface area contributed by atoms with Gasteiger partial charge in [0.1, 0.15) is 0 Å². The molecule has 0 fully saturated rings. The van der Waals surface area contributed by atoms with Crippen molar-refractivity contribution in [3.8, 4) is 11.4 Å². The summed E-state index contributed by atoms with van der Waals surface area (Å²) in [6.07, 6.45) is 4.32. The van der Waals surface area contributed by atoms with Gasteiger partial charge in [-0.1, -0.05) is 18.7 Å². The second-order valence-electron chi connectivity index (χ2n) is 4.37. The van der Waals surface area contributed by atoms with E-state index in [2.05, 4.69) is 25.5 Å². The molecular weight excluding hydrogens is 274 g/mol. The molecule has 0 saturated carbocycles. The van der Waals surface area contributed by atoms with E-state index >= 15 is 0 Å². The van der Waals surface area contributed by atoms with Crippen molar-refractivity contribution in [2.45, 2.75) is 31.5 Å². The second-order valence-corrected chi connectivity index (χ2v) is 5.31. The van der Waals surface area contributed by atoms with Gasteiger partial charge in [-0.2, -0.15) is 0 Å². The number of aromatic nitrogens is 4. The SMILES string of the molecule is CC[C@H](C)NC(=O)CSc1n[nH]c(-c2ccncc2)n1. The largest absolute Gasteiger partial charge is 0.353 e. The van der Waals surface area contributed by atoms with E-state index in [1.807, 2.05) is 26.0 Å². The van der Waals surface area contributed by atoms with Crippen LogP contribution in [-0.4, -0.2) is 37.9 Å². The molecule has 2 aromatic rings. The van der Waals surface area contributed by atoms with Gasteiger partial charge in [-0.05, 0) is 25.5 Å². The molecule has 7 heteroatoms. The fourth-order valence-corrected chi connectivity index (χ4v) is 2.11. The lowest BCUT2D eigenvalue weighted by Crippen LogP contribution is -2.33. The standard InChI is InChI=1S/C13H17N5OS/c1-3-9(2)15-11(19)8-20-13-16-12(17-18-13)10-4-6-14-7-5-10/h4-7,9H,3,8H2,1-2H3,(H,15,19)(H,16,17,18)/t9-/m0/s1. The van der Waals surface area contributed by atoms with E-state index in [1.54, 1.807) is 12.4 Å². The molecule has 0 unspecified atom stereocenters. The summed E-state index contributed by atoms with van der Waals surface area (Å²) in [5, 5.41) is 10.4. The van der Waals surface area contributed by atoms with Crippen LogP contribution in [0.3, 0.4) is 0 Å². The molecule has 2 N–H and O–H groups in total. The molecule has 2 heterocycles. The number of rotatable bonds is 6. The zero-order valence-electron chi connectivity index (χ0n) is 11.5. The Kier molecular flexibility index (Phi) is 5.11. The van der Waals surface area contributed by atoms with E-state index in [9.17, 15) is 4.79 Å². The van der Waals surface area contributed by atoms with Crippen LogP contribution in [0.15, 0.2) is 29.7 Å². The highest BCUT2D eigenvalue weighted by Gasteiger charge is 2.10. The molecule has 1 atom stereocenters. The Morgan fingerprint density at radius 1 is 1.45 bits per heavy atom. The van der Waals surface area contributed by atoms with Gasteiger partial charge in [0.15, 0.2) is 5.82 Å². The summed E-state index contributed by atoms with van der Waals surface area (Å²) in [7, 11) is 0. The number of carbonyl (C=O) groups excluding carboxylic acids is 1. The van der Waals surface area contributed by atoms with Crippen molar-refractivity contribution in [3.63, 3.8) is 0 Å². The molecule has 2 aromatic heterocycles. The minimum atomic E-state index is -0.000360. The summed E-state index contributed by atoms with van der Waals surface area (Å²) in [6.45, 7) is 4.02. The van der Waals surface area contributed by atoms with Crippen LogP contribution in [0.4, 0.5) is 0 Å². The highest BCUT2D eigenvalue weighted by Crippen LogP contribution is 2.18. The lowest BCUT2D eigenvalue weighted by molar-refractivity contribution is -0.119. The number of thioether (sulfide) groups is 1. The number of hydrogen-bond donors (Lipinski definition) is 2. The molecule has 0 aromatic carbocycles. The van der Waals surface area contributed by atoms with Crippen LogP contribution in [0.2, 0.25) is 0 Å². The molecule has 2 rings (SSSR count). The minimum Gasteiger partial charge on any atom is -0.353 e. The molecular formula is C13H17N5OS. The third-order valence-corrected chi connectivity index (χ3v) is 3.62. The molecule has 0 aliphatic carbocycles. The number of hydrogen-bond acceptors (Lipinski definition) is 5. The average Bonchev–Trinajstić information content (AvgIpc) is 2.95. The first-order valence-electron chi connectivity index (χ1n) is 6.44. The minimum absolute atomic E-state index is 0.000360. The lowest BCUT2D eigenvalue weighted by Gasteiger charge is -2.09. The Morgan fingerprint density at radius 2 is 2.20 bits per heavy atom. The van der Waals surface area contributed by atoms with E-state index in [0.717, 1.165) is 12.0 Å². The summed E-state index contributed by atoms with van der Waals surface area (Å²) in [4.78, 5) is 19.9. The normalized spacial score (nSPS) is 12.1. The molecule has 0 saturated heterocycles. The van der Waals surface area contributed by atoms with Crippen LogP contribution in [0.25, 0.3) is 11.4 Å². The number of amides is 1. The van der Waals surface area contributed by atoms with E-state index in [1.165, 1.54) is 11.8 Å². The third-order valence-electron chi connectivity index (χ3n) is 2.77. The lowest BCUT2D eigenvalue weighted by atomic mass is 10.3. The van der Waals surface area contributed by atoms with Crippen LogP contribution >= 0.6 is 11.8 Å². The second kappa shape index (κ2) is 7.04. The van der Waals surface area contributed by atoms with Gasteiger partial charge >= 0.3 is 0 Å². The smallest absolute Gasteiger partial charge is 0.230 e. The van der Waals surface area contributed by atoms with E-state index < -0.39 is 0 Å². The number of aromatic amines is 1. The van der Waals surface area contributed by atoms with Gasteiger partial charge in [-0.3, -0.25) is 14.9 Å². The Balaban J connectivity index is 1.89. The van der Waals surface area contributed by atoms with E-state index in [-0.39, 0.29) is 11.9 Å². The van der Waals surface area contributed by atoms with Crippen molar-refractivity contribution >= 4 is 17.7 Å². The Bertz CT molecular complexity index is 557. The zero-order chi connectivity index (χ0) is 14.4. The monoisotopic (exact) mass is 291 g/mol. The highest BCUT2D eigenvalue weighted by atomic mass is 32.2. The van der Waals surface area contributed by atoms with E-state index in [4.69, 9.17) is 0 Å². The Labute approximate surface area is 121 Å². The maximum absolute atomic E-state index is 11.7. The molecule has 6 nitrogen and oxygen atoms in total. The van der Waals surface area contributed by atoms with Crippen molar-refractivity contribution in [2.24, 2.45) is 0 Å². The molecule has 0 aliphatic rings. The predicted molar refractivity (Wildman–Crippen MR) is 78.2 cm³/mol. The van der Waals surface area contributed by atoms with Crippen molar-refractivity contribution in [2.75, 3.05) is 5.75 Å². The summed E-state index contributed by atoms with van der Waals surface area (Å²) in [6, 6.07) is 3.90. The zero-order valence-corrected chi connectivity index (χ0v) is 12.3. The number of carbonyl (C=O) groups is 1. The molecule has 20 heavy (non-hydrogen) atoms. The first-order chi connectivity index (χ1) is 9.69. The Hall–Kier alpha value is -1.89. The van der Waals surface area contributed by atoms with Crippen molar-refractivity contribution in [1.82, 2.24) is 25.5 Å². The van der Waals surface area contributed by atoms with Crippen LogP contribution in [0, 0.1) is 0 Å². The maximum atomic E-state index is 11.7. The van der Waals surface area contributed by atoms with Crippen LogP contribution in [0.5, 0.6) is 0 Å². The first kappa shape index (κ1) is 14.5. The van der Waals surface area contributed by atoms with Gasteiger partial charge in [0.05, 0.1) is 5.75 Å². The van der Waals surface area contributed by atoms with Gasteiger partial charge in [0, 0.05) is 24.0 Å². The van der Waals surface area contributed by atoms with Crippen molar-refractivity contribution in [3.05, 3.63) is 24.5 Å². The summed E-state index contributed by atoms with van der Waals surface area (Å²) in [5.41, 5.74) is 0.920. The topological polar surface area (TPSA) is 83.6 Å². The number of H-pyrrole nitrogens is 1. The summed E-state index contributed by atoms with van der Waals surface area (Å²) >= 11 is 1.32. The predicted octanol–water partition coefficient (Wildman–Crippen LogP) is 1.87. The van der Waals surface area contributed by atoms with Gasteiger partial charge in [-0.25, -0.2) is 4.98 Å². The molecule has 0 radical (unpaired) electrons. The van der Waals surface area contributed by atoms with Gasteiger partial charge in [0.2, 0.25) is 11.1 Å². The fourth-order valence-electron chi connectivity index (χ4n) is 1.50. The third kappa shape index (κ3) is 4.06. The summed E-state index contributed by atoms with van der Waals surface area (Å²) < 4.78 is 0. The Morgan fingerprint density at radius 3 is 2.90 bits per heavy atom. The molecule has 0 aliphatic heterocycles.